The third-order valence-electron chi connectivity index (χ3n) is 2.76. The van der Waals surface area contributed by atoms with E-state index in [-0.39, 0.29) is 5.91 Å². The van der Waals surface area contributed by atoms with Crippen LogP contribution < -0.4 is 10.6 Å². The summed E-state index contributed by atoms with van der Waals surface area (Å²) in [5, 5.41) is 5.77. The van der Waals surface area contributed by atoms with Crippen molar-refractivity contribution in [1.29, 1.82) is 0 Å². The first-order valence-electron chi connectivity index (χ1n) is 6.22. The third kappa shape index (κ3) is 3.34. The van der Waals surface area contributed by atoms with Crippen LogP contribution in [0.1, 0.15) is 28.7 Å². The van der Waals surface area contributed by atoms with E-state index in [4.69, 9.17) is 4.42 Å². The normalized spacial score (nSPS) is 10.2. The van der Waals surface area contributed by atoms with Crippen molar-refractivity contribution in [1.82, 2.24) is 10.3 Å². The number of aryl methyl sites for hydroxylation is 1. The third-order valence-corrected chi connectivity index (χ3v) is 2.76. The SMILES string of the molecule is CCc1cc(C(=O)NCc2ccco2)cc(NC)n1. The Balaban J connectivity index is 2.09. The molecule has 0 aliphatic rings. The molecule has 100 valence electrons. The molecular formula is C14H17N3O2. The summed E-state index contributed by atoms with van der Waals surface area (Å²) in [4.78, 5) is 16.4. The molecule has 0 unspecified atom stereocenters. The maximum absolute atomic E-state index is 12.1. The summed E-state index contributed by atoms with van der Waals surface area (Å²) in [6.07, 6.45) is 2.37. The van der Waals surface area contributed by atoms with Gasteiger partial charge in [0, 0.05) is 18.3 Å². The highest BCUT2D eigenvalue weighted by molar-refractivity contribution is 5.94. The first kappa shape index (κ1) is 13.1. The predicted octanol–water partition coefficient (Wildman–Crippen LogP) is 2.21. The van der Waals surface area contributed by atoms with Crippen molar-refractivity contribution >= 4 is 11.7 Å². The minimum absolute atomic E-state index is 0.134. The summed E-state index contributed by atoms with van der Waals surface area (Å²) < 4.78 is 5.17. The standard InChI is InChI=1S/C14H17N3O2/c1-3-11-7-10(8-13(15-2)17-11)14(18)16-9-12-5-4-6-19-12/h4-8H,3,9H2,1-2H3,(H,15,17)(H,16,18). The van der Waals surface area contributed by atoms with Crippen LogP contribution in [-0.2, 0) is 13.0 Å². The molecule has 2 rings (SSSR count). The second-order valence-electron chi connectivity index (χ2n) is 4.10. The molecule has 0 spiro atoms. The van der Waals surface area contributed by atoms with Crippen LogP contribution in [0.5, 0.6) is 0 Å². The highest BCUT2D eigenvalue weighted by Crippen LogP contribution is 2.11. The number of anilines is 1. The highest BCUT2D eigenvalue weighted by Gasteiger charge is 2.09. The number of pyridine rings is 1. The lowest BCUT2D eigenvalue weighted by molar-refractivity contribution is 0.0948. The van der Waals surface area contributed by atoms with Gasteiger partial charge in [-0.1, -0.05) is 6.92 Å². The maximum atomic E-state index is 12.1. The first-order chi connectivity index (χ1) is 9.22. The van der Waals surface area contributed by atoms with E-state index >= 15 is 0 Å². The molecule has 0 bridgehead atoms. The zero-order valence-electron chi connectivity index (χ0n) is 11.1. The summed E-state index contributed by atoms with van der Waals surface area (Å²) in [6.45, 7) is 2.39. The van der Waals surface area contributed by atoms with Crippen LogP contribution in [0.15, 0.2) is 34.9 Å². The number of hydrogen-bond acceptors (Lipinski definition) is 4. The quantitative estimate of drug-likeness (QED) is 0.864. The summed E-state index contributed by atoms with van der Waals surface area (Å²) >= 11 is 0. The molecule has 0 fully saturated rings. The Bertz CT molecular complexity index is 528. The van der Waals surface area contributed by atoms with Gasteiger partial charge in [0.25, 0.3) is 5.91 Å². The zero-order chi connectivity index (χ0) is 13.7. The molecule has 2 aromatic rings. The lowest BCUT2D eigenvalue weighted by Crippen LogP contribution is -2.23. The number of rotatable bonds is 5. The molecule has 2 aromatic heterocycles. The molecular weight excluding hydrogens is 242 g/mol. The van der Waals surface area contributed by atoms with Crippen LogP contribution in [0, 0.1) is 0 Å². The number of amides is 1. The number of furan rings is 1. The van der Waals surface area contributed by atoms with E-state index in [9.17, 15) is 4.79 Å². The van der Waals surface area contributed by atoms with Gasteiger partial charge in [-0.25, -0.2) is 4.98 Å². The highest BCUT2D eigenvalue weighted by atomic mass is 16.3. The van der Waals surface area contributed by atoms with Crippen LogP contribution in [0.4, 0.5) is 5.82 Å². The van der Waals surface area contributed by atoms with Crippen molar-refractivity contribution in [2.45, 2.75) is 19.9 Å². The van der Waals surface area contributed by atoms with E-state index in [0.29, 0.717) is 17.9 Å². The largest absolute Gasteiger partial charge is 0.467 e. The van der Waals surface area contributed by atoms with Crippen molar-refractivity contribution in [2.75, 3.05) is 12.4 Å². The van der Waals surface area contributed by atoms with Crippen molar-refractivity contribution in [3.63, 3.8) is 0 Å². The minimum Gasteiger partial charge on any atom is -0.467 e. The Kier molecular flexibility index (Phi) is 4.18. The fraction of sp³-hybridized carbons (Fsp3) is 0.286. The lowest BCUT2D eigenvalue weighted by atomic mass is 10.2. The van der Waals surface area contributed by atoms with E-state index in [2.05, 4.69) is 15.6 Å². The second kappa shape index (κ2) is 6.04. The monoisotopic (exact) mass is 259 g/mol. The minimum atomic E-state index is -0.134. The van der Waals surface area contributed by atoms with E-state index < -0.39 is 0 Å². The van der Waals surface area contributed by atoms with Gasteiger partial charge in [0.15, 0.2) is 0 Å². The fourth-order valence-corrected chi connectivity index (χ4v) is 1.71. The zero-order valence-corrected chi connectivity index (χ0v) is 11.1. The Hall–Kier alpha value is -2.30. The summed E-state index contributed by atoms with van der Waals surface area (Å²) in [5.41, 5.74) is 1.48. The van der Waals surface area contributed by atoms with Crippen molar-refractivity contribution in [3.05, 3.63) is 47.5 Å². The van der Waals surface area contributed by atoms with E-state index in [1.807, 2.05) is 13.0 Å². The number of hydrogen-bond donors (Lipinski definition) is 2. The van der Waals surface area contributed by atoms with Crippen molar-refractivity contribution in [2.24, 2.45) is 0 Å². The van der Waals surface area contributed by atoms with E-state index in [1.165, 1.54) is 0 Å². The van der Waals surface area contributed by atoms with Crippen LogP contribution in [0.3, 0.4) is 0 Å². The summed E-state index contributed by atoms with van der Waals surface area (Å²) in [6, 6.07) is 7.15. The van der Waals surface area contributed by atoms with E-state index in [0.717, 1.165) is 17.9 Å². The van der Waals surface area contributed by atoms with Gasteiger partial charge in [0.1, 0.15) is 11.6 Å². The van der Waals surface area contributed by atoms with Crippen molar-refractivity contribution in [3.8, 4) is 0 Å². The molecule has 5 heteroatoms. The Labute approximate surface area is 112 Å². The van der Waals surface area contributed by atoms with Gasteiger partial charge in [-0.05, 0) is 30.7 Å². The number of aromatic nitrogens is 1. The second-order valence-corrected chi connectivity index (χ2v) is 4.10. The molecule has 0 radical (unpaired) electrons. The maximum Gasteiger partial charge on any atom is 0.251 e. The molecule has 0 aliphatic carbocycles. The van der Waals surface area contributed by atoms with Crippen molar-refractivity contribution < 1.29 is 9.21 Å². The summed E-state index contributed by atoms with van der Waals surface area (Å²) in [5.74, 6) is 1.29. The molecule has 0 aromatic carbocycles. The molecule has 0 saturated carbocycles. The van der Waals surface area contributed by atoms with Gasteiger partial charge in [-0.2, -0.15) is 0 Å². The predicted molar refractivity (Wildman–Crippen MR) is 73.0 cm³/mol. The summed E-state index contributed by atoms with van der Waals surface area (Å²) in [7, 11) is 1.78. The molecule has 0 saturated heterocycles. The molecule has 5 nitrogen and oxygen atoms in total. The Morgan fingerprint density at radius 1 is 1.42 bits per heavy atom. The van der Waals surface area contributed by atoms with E-state index in [1.54, 1.807) is 31.5 Å². The Morgan fingerprint density at radius 3 is 2.89 bits per heavy atom. The van der Waals surface area contributed by atoms with Gasteiger partial charge in [0.2, 0.25) is 0 Å². The van der Waals surface area contributed by atoms with Crippen LogP contribution >= 0.6 is 0 Å². The van der Waals surface area contributed by atoms with Gasteiger partial charge < -0.3 is 15.1 Å². The van der Waals surface area contributed by atoms with Crippen LogP contribution in [0.2, 0.25) is 0 Å². The lowest BCUT2D eigenvalue weighted by Gasteiger charge is -2.08. The van der Waals surface area contributed by atoms with Gasteiger partial charge in [0.05, 0.1) is 12.8 Å². The number of nitrogens with zero attached hydrogens (tertiary/aromatic N) is 1. The number of carbonyl (C=O) groups is 1. The Morgan fingerprint density at radius 2 is 2.26 bits per heavy atom. The fourth-order valence-electron chi connectivity index (χ4n) is 1.71. The molecule has 2 N–H and O–H groups in total. The van der Waals surface area contributed by atoms with Gasteiger partial charge in [-0.15, -0.1) is 0 Å². The first-order valence-corrected chi connectivity index (χ1v) is 6.22. The molecule has 2 heterocycles. The topological polar surface area (TPSA) is 67.2 Å². The van der Waals surface area contributed by atoms with Crippen LogP contribution in [-0.4, -0.2) is 17.9 Å². The number of nitrogens with one attached hydrogen (secondary N) is 2. The molecule has 0 atom stereocenters. The molecule has 19 heavy (non-hydrogen) atoms. The van der Waals surface area contributed by atoms with Gasteiger partial charge in [-0.3, -0.25) is 4.79 Å². The van der Waals surface area contributed by atoms with Gasteiger partial charge >= 0.3 is 0 Å². The van der Waals surface area contributed by atoms with Crippen LogP contribution in [0.25, 0.3) is 0 Å². The average molecular weight is 259 g/mol. The molecule has 1 amide bonds. The smallest absolute Gasteiger partial charge is 0.251 e. The molecule has 0 aliphatic heterocycles. The number of carbonyl (C=O) groups excluding carboxylic acids is 1. The average Bonchev–Trinajstić information content (AvgIpc) is 2.97.